The molecule has 0 fully saturated rings. The number of aromatic nitrogens is 2. The monoisotopic (exact) mass is 273 g/mol. The Morgan fingerprint density at radius 1 is 1.35 bits per heavy atom. The van der Waals surface area contributed by atoms with Gasteiger partial charge in [0.2, 0.25) is 0 Å². The number of nitrogens with zero attached hydrogens (tertiary/aromatic N) is 2. The van der Waals surface area contributed by atoms with E-state index in [2.05, 4.69) is 33.9 Å². The highest BCUT2D eigenvalue weighted by atomic mass is 16.5. The highest BCUT2D eigenvalue weighted by Crippen LogP contribution is 2.22. The summed E-state index contributed by atoms with van der Waals surface area (Å²) in [4.78, 5) is 4.41. The number of aryl methyl sites for hydroxylation is 1. The minimum absolute atomic E-state index is 0.251. The van der Waals surface area contributed by atoms with Crippen LogP contribution >= 0.6 is 0 Å². The molecule has 4 heteroatoms. The van der Waals surface area contributed by atoms with E-state index >= 15 is 0 Å². The smallest absolute Gasteiger partial charge is 0.119 e. The standard InChI is InChI=1S/C16H23N3O/c1-4-17-15(12-16-18-9-10-19(16)3)13-7-6-8-14(11-13)20-5-2/h6-11,15,17H,4-5,12H2,1-3H3. The zero-order valence-corrected chi connectivity index (χ0v) is 12.5. The van der Waals surface area contributed by atoms with E-state index in [-0.39, 0.29) is 6.04 Å². The quantitative estimate of drug-likeness (QED) is 0.843. The van der Waals surface area contributed by atoms with Gasteiger partial charge >= 0.3 is 0 Å². The van der Waals surface area contributed by atoms with Gasteiger partial charge in [-0.25, -0.2) is 4.98 Å². The van der Waals surface area contributed by atoms with Gasteiger partial charge in [0.25, 0.3) is 0 Å². The molecule has 1 heterocycles. The summed E-state index contributed by atoms with van der Waals surface area (Å²) in [7, 11) is 2.03. The molecule has 2 aromatic rings. The molecule has 4 nitrogen and oxygen atoms in total. The molecule has 0 bridgehead atoms. The van der Waals surface area contributed by atoms with Crippen molar-refractivity contribution in [3.8, 4) is 5.75 Å². The Balaban J connectivity index is 2.19. The number of likely N-dealkylation sites (N-methyl/N-ethyl adjacent to an activating group) is 1. The van der Waals surface area contributed by atoms with Crippen molar-refractivity contribution < 1.29 is 4.74 Å². The van der Waals surface area contributed by atoms with E-state index in [4.69, 9.17) is 4.74 Å². The average Bonchev–Trinajstić information content (AvgIpc) is 2.85. The Bertz CT molecular complexity index is 536. The summed E-state index contributed by atoms with van der Waals surface area (Å²) in [6.07, 6.45) is 4.69. The molecule has 0 spiro atoms. The van der Waals surface area contributed by atoms with Gasteiger partial charge in [-0.05, 0) is 31.2 Å². The molecule has 0 radical (unpaired) electrons. The van der Waals surface area contributed by atoms with Crippen LogP contribution in [0.4, 0.5) is 0 Å². The summed E-state index contributed by atoms with van der Waals surface area (Å²) < 4.78 is 7.65. The molecular weight excluding hydrogens is 250 g/mol. The molecular formula is C16H23N3O. The van der Waals surface area contributed by atoms with Gasteiger partial charge in [-0.15, -0.1) is 0 Å². The molecule has 0 amide bonds. The minimum Gasteiger partial charge on any atom is -0.494 e. The van der Waals surface area contributed by atoms with E-state index in [1.165, 1.54) is 5.56 Å². The summed E-state index contributed by atoms with van der Waals surface area (Å²) in [6, 6.07) is 8.54. The Kier molecular flexibility index (Phi) is 5.18. The zero-order valence-electron chi connectivity index (χ0n) is 12.5. The second kappa shape index (κ2) is 7.10. The molecule has 2 rings (SSSR count). The Hall–Kier alpha value is -1.81. The largest absolute Gasteiger partial charge is 0.494 e. The first-order valence-corrected chi connectivity index (χ1v) is 7.17. The van der Waals surface area contributed by atoms with Crippen LogP contribution in [0.5, 0.6) is 5.75 Å². The van der Waals surface area contributed by atoms with Crippen molar-refractivity contribution in [2.45, 2.75) is 26.3 Å². The maximum Gasteiger partial charge on any atom is 0.119 e. The van der Waals surface area contributed by atoms with Gasteiger partial charge in [0.15, 0.2) is 0 Å². The van der Waals surface area contributed by atoms with Crippen molar-refractivity contribution in [1.29, 1.82) is 0 Å². The van der Waals surface area contributed by atoms with Crippen molar-refractivity contribution >= 4 is 0 Å². The third-order valence-electron chi connectivity index (χ3n) is 3.33. The zero-order chi connectivity index (χ0) is 14.4. The lowest BCUT2D eigenvalue weighted by molar-refractivity contribution is 0.339. The fourth-order valence-corrected chi connectivity index (χ4v) is 2.32. The van der Waals surface area contributed by atoms with Crippen LogP contribution in [0, 0.1) is 0 Å². The molecule has 108 valence electrons. The second-order valence-corrected chi connectivity index (χ2v) is 4.77. The van der Waals surface area contributed by atoms with Gasteiger partial charge in [-0.2, -0.15) is 0 Å². The summed E-state index contributed by atoms with van der Waals surface area (Å²) in [5, 5.41) is 3.52. The van der Waals surface area contributed by atoms with Crippen molar-refractivity contribution in [2.75, 3.05) is 13.2 Å². The fourth-order valence-electron chi connectivity index (χ4n) is 2.32. The minimum atomic E-state index is 0.251. The first-order valence-electron chi connectivity index (χ1n) is 7.17. The molecule has 0 aliphatic heterocycles. The summed E-state index contributed by atoms with van der Waals surface area (Å²) in [5.74, 6) is 2.01. The molecule has 1 aromatic carbocycles. The van der Waals surface area contributed by atoms with Crippen LogP contribution in [0.3, 0.4) is 0 Å². The van der Waals surface area contributed by atoms with Gasteiger partial charge in [0, 0.05) is 31.9 Å². The van der Waals surface area contributed by atoms with Crippen molar-refractivity contribution in [3.63, 3.8) is 0 Å². The molecule has 1 atom stereocenters. The van der Waals surface area contributed by atoms with Crippen LogP contribution in [0.25, 0.3) is 0 Å². The van der Waals surface area contributed by atoms with Gasteiger partial charge < -0.3 is 14.6 Å². The SMILES string of the molecule is CCNC(Cc1nccn1C)c1cccc(OCC)c1. The van der Waals surface area contributed by atoms with Gasteiger partial charge in [0.1, 0.15) is 11.6 Å². The van der Waals surface area contributed by atoms with Crippen molar-refractivity contribution in [3.05, 3.63) is 48.0 Å². The molecule has 1 aromatic heterocycles. The van der Waals surface area contributed by atoms with Crippen LogP contribution in [0.15, 0.2) is 36.7 Å². The van der Waals surface area contributed by atoms with E-state index in [1.54, 1.807) is 0 Å². The Labute approximate surface area is 120 Å². The van der Waals surface area contributed by atoms with E-state index in [0.29, 0.717) is 6.61 Å². The number of benzene rings is 1. The lowest BCUT2D eigenvalue weighted by Gasteiger charge is -2.19. The third kappa shape index (κ3) is 3.61. The Morgan fingerprint density at radius 3 is 2.85 bits per heavy atom. The molecule has 0 aliphatic rings. The van der Waals surface area contributed by atoms with E-state index in [0.717, 1.165) is 24.5 Å². The number of hydrogen-bond acceptors (Lipinski definition) is 3. The van der Waals surface area contributed by atoms with Crippen LogP contribution in [0.2, 0.25) is 0 Å². The Morgan fingerprint density at radius 2 is 2.20 bits per heavy atom. The van der Waals surface area contributed by atoms with Gasteiger partial charge in [0.05, 0.1) is 6.61 Å². The third-order valence-corrected chi connectivity index (χ3v) is 3.33. The lowest BCUT2D eigenvalue weighted by atomic mass is 10.0. The maximum absolute atomic E-state index is 5.59. The van der Waals surface area contributed by atoms with E-state index < -0.39 is 0 Å². The number of imidazole rings is 1. The lowest BCUT2D eigenvalue weighted by Crippen LogP contribution is -2.24. The topological polar surface area (TPSA) is 39.1 Å². The van der Waals surface area contributed by atoms with E-state index in [9.17, 15) is 0 Å². The first-order chi connectivity index (χ1) is 9.74. The predicted molar refractivity (Wildman–Crippen MR) is 80.9 cm³/mol. The van der Waals surface area contributed by atoms with E-state index in [1.807, 2.05) is 38.5 Å². The predicted octanol–water partition coefficient (Wildman–Crippen LogP) is 2.71. The molecule has 1 N–H and O–H groups in total. The maximum atomic E-state index is 5.59. The first kappa shape index (κ1) is 14.6. The van der Waals surface area contributed by atoms with Crippen molar-refractivity contribution in [1.82, 2.24) is 14.9 Å². The highest BCUT2D eigenvalue weighted by molar-refractivity contribution is 5.31. The number of ether oxygens (including phenoxy) is 1. The molecule has 20 heavy (non-hydrogen) atoms. The summed E-state index contributed by atoms with van der Waals surface area (Å²) >= 11 is 0. The number of nitrogens with one attached hydrogen (secondary N) is 1. The molecule has 0 saturated heterocycles. The highest BCUT2D eigenvalue weighted by Gasteiger charge is 2.14. The van der Waals surface area contributed by atoms with Gasteiger partial charge in [-0.3, -0.25) is 0 Å². The second-order valence-electron chi connectivity index (χ2n) is 4.77. The average molecular weight is 273 g/mol. The van der Waals surface area contributed by atoms with Crippen molar-refractivity contribution in [2.24, 2.45) is 7.05 Å². The fraction of sp³-hybridized carbons (Fsp3) is 0.438. The van der Waals surface area contributed by atoms with Crippen LogP contribution < -0.4 is 10.1 Å². The molecule has 0 saturated carbocycles. The number of rotatable bonds is 7. The summed E-state index contributed by atoms with van der Waals surface area (Å²) in [5.41, 5.74) is 1.24. The van der Waals surface area contributed by atoms with Gasteiger partial charge in [-0.1, -0.05) is 19.1 Å². The molecule has 0 aliphatic carbocycles. The van der Waals surface area contributed by atoms with Crippen LogP contribution in [-0.2, 0) is 13.5 Å². The normalized spacial score (nSPS) is 12.3. The molecule has 1 unspecified atom stereocenters. The summed E-state index contributed by atoms with van der Waals surface area (Å²) in [6.45, 7) is 5.74. The van der Waals surface area contributed by atoms with Crippen LogP contribution in [-0.4, -0.2) is 22.7 Å². The van der Waals surface area contributed by atoms with Crippen LogP contribution in [0.1, 0.15) is 31.3 Å². The number of hydrogen-bond donors (Lipinski definition) is 1.